The van der Waals surface area contributed by atoms with Gasteiger partial charge >= 0.3 is 0 Å². The van der Waals surface area contributed by atoms with Crippen molar-refractivity contribution in [3.8, 4) is 0 Å². The normalized spacial score (nSPS) is 25.2. The van der Waals surface area contributed by atoms with Crippen molar-refractivity contribution < 1.29 is 17.9 Å². The van der Waals surface area contributed by atoms with Crippen LogP contribution in [0.5, 0.6) is 0 Å². The van der Waals surface area contributed by atoms with Crippen molar-refractivity contribution >= 4 is 15.7 Å². The molecule has 2 atom stereocenters. The summed E-state index contributed by atoms with van der Waals surface area (Å²) < 4.78 is 27.7. The summed E-state index contributed by atoms with van der Waals surface area (Å²) in [5, 5.41) is 2.09. The van der Waals surface area contributed by atoms with Gasteiger partial charge in [0.2, 0.25) is 5.91 Å². The highest BCUT2D eigenvalue weighted by atomic mass is 32.2. The van der Waals surface area contributed by atoms with Gasteiger partial charge < -0.3 is 15.8 Å². The number of carbonyl (C=O) groups is 1. The lowest BCUT2D eigenvalue weighted by atomic mass is 10.2. The van der Waals surface area contributed by atoms with Crippen LogP contribution in [-0.4, -0.2) is 51.6 Å². The van der Waals surface area contributed by atoms with Gasteiger partial charge in [0.15, 0.2) is 9.84 Å². The van der Waals surface area contributed by atoms with E-state index in [0.717, 1.165) is 0 Å². The van der Waals surface area contributed by atoms with Crippen LogP contribution in [0, 0.1) is 0 Å². The topological polar surface area (TPSA) is 98.5 Å². The molecule has 1 aliphatic heterocycles. The minimum Gasteiger partial charge on any atom is -0.383 e. The van der Waals surface area contributed by atoms with Crippen LogP contribution in [-0.2, 0) is 19.4 Å². The first-order chi connectivity index (χ1) is 7.47. The quantitative estimate of drug-likeness (QED) is 0.629. The molecule has 0 bridgehead atoms. The predicted octanol–water partition coefficient (Wildman–Crippen LogP) is -1.35. The molecule has 2 unspecified atom stereocenters. The number of amides is 1. The van der Waals surface area contributed by atoms with Gasteiger partial charge in [0.25, 0.3) is 0 Å². The van der Waals surface area contributed by atoms with Crippen LogP contribution in [0.15, 0.2) is 0 Å². The van der Waals surface area contributed by atoms with E-state index in [1.165, 1.54) is 7.11 Å². The molecule has 1 heterocycles. The molecule has 1 saturated heterocycles. The predicted molar refractivity (Wildman–Crippen MR) is 59.7 cm³/mol. The van der Waals surface area contributed by atoms with Crippen LogP contribution in [0.2, 0.25) is 0 Å². The van der Waals surface area contributed by atoms with Crippen molar-refractivity contribution in [3.63, 3.8) is 0 Å². The zero-order chi connectivity index (χ0) is 12.2. The monoisotopic (exact) mass is 250 g/mol. The number of sulfone groups is 1. The molecule has 0 aromatic carbocycles. The van der Waals surface area contributed by atoms with Crippen LogP contribution >= 0.6 is 0 Å². The zero-order valence-electron chi connectivity index (χ0n) is 9.31. The first-order valence-corrected chi connectivity index (χ1v) is 6.92. The minimum atomic E-state index is -3.01. The third kappa shape index (κ3) is 3.43. The first-order valence-electron chi connectivity index (χ1n) is 5.21. The van der Waals surface area contributed by atoms with E-state index in [1.54, 1.807) is 0 Å². The summed E-state index contributed by atoms with van der Waals surface area (Å²) in [6.07, 6.45) is 1.29. The van der Waals surface area contributed by atoms with Gasteiger partial charge in [-0.2, -0.15) is 0 Å². The minimum absolute atomic E-state index is 0.128. The Labute approximate surface area is 95.4 Å². The van der Waals surface area contributed by atoms with Crippen LogP contribution in [0.3, 0.4) is 0 Å². The smallest absolute Gasteiger partial charge is 0.239 e. The highest BCUT2D eigenvalue weighted by Crippen LogP contribution is 2.18. The maximum atomic E-state index is 11.5. The molecule has 7 heteroatoms. The maximum absolute atomic E-state index is 11.5. The Morgan fingerprint density at radius 1 is 1.62 bits per heavy atom. The van der Waals surface area contributed by atoms with Gasteiger partial charge in [0, 0.05) is 13.7 Å². The Hall–Kier alpha value is -0.660. The third-order valence-electron chi connectivity index (χ3n) is 2.65. The fourth-order valence-electron chi connectivity index (χ4n) is 1.69. The van der Waals surface area contributed by atoms with E-state index in [-0.39, 0.29) is 24.8 Å². The number of rotatable bonds is 5. The van der Waals surface area contributed by atoms with E-state index in [9.17, 15) is 13.2 Å². The van der Waals surface area contributed by atoms with Gasteiger partial charge in [0.1, 0.15) is 6.04 Å². The zero-order valence-corrected chi connectivity index (χ0v) is 10.1. The Kier molecular flexibility index (Phi) is 4.69. The number of hydrogen-bond donors (Lipinski definition) is 2. The van der Waals surface area contributed by atoms with Gasteiger partial charge in [-0.25, -0.2) is 8.42 Å². The van der Waals surface area contributed by atoms with E-state index in [2.05, 4.69) is 5.32 Å². The maximum Gasteiger partial charge on any atom is 0.239 e. The Morgan fingerprint density at radius 3 is 2.81 bits per heavy atom. The number of methoxy groups -OCH3 is 1. The molecule has 16 heavy (non-hydrogen) atoms. The second-order valence-electron chi connectivity index (χ2n) is 3.94. The fraction of sp³-hybridized carbons (Fsp3) is 0.889. The summed E-state index contributed by atoms with van der Waals surface area (Å²) >= 11 is 0. The van der Waals surface area contributed by atoms with E-state index >= 15 is 0 Å². The van der Waals surface area contributed by atoms with E-state index in [4.69, 9.17) is 10.5 Å². The van der Waals surface area contributed by atoms with Crippen molar-refractivity contribution in [1.29, 1.82) is 0 Å². The molecule has 0 saturated carbocycles. The summed E-state index contributed by atoms with van der Waals surface area (Å²) in [4.78, 5) is 11.4. The average molecular weight is 250 g/mol. The second-order valence-corrected chi connectivity index (χ2v) is 6.34. The third-order valence-corrected chi connectivity index (χ3v) is 4.93. The molecule has 0 aromatic rings. The molecule has 0 radical (unpaired) electrons. The number of ether oxygens (including phenoxy) is 1. The van der Waals surface area contributed by atoms with Gasteiger partial charge in [-0.3, -0.25) is 4.79 Å². The van der Waals surface area contributed by atoms with Gasteiger partial charge in [0.05, 0.1) is 17.6 Å². The van der Waals surface area contributed by atoms with Crippen molar-refractivity contribution in [2.24, 2.45) is 5.73 Å². The molecule has 0 aliphatic carbocycles. The molecule has 1 rings (SSSR count). The standard InChI is InChI=1S/C9H18N2O4S/c1-15-6-8(10)9(12)11-5-7-3-2-4-16(7,13)14/h7-8H,2-6,10H2,1H3,(H,11,12). The highest BCUT2D eigenvalue weighted by Gasteiger charge is 2.31. The SMILES string of the molecule is COCC(N)C(=O)NCC1CCCS1(=O)=O. The average Bonchev–Trinajstić information content (AvgIpc) is 2.54. The largest absolute Gasteiger partial charge is 0.383 e. The summed E-state index contributed by atoms with van der Waals surface area (Å²) in [5.41, 5.74) is 5.49. The Balaban J connectivity index is 2.37. The van der Waals surface area contributed by atoms with Crippen LogP contribution in [0.4, 0.5) is 0 Å². The molecule has 1 amide bonds. The molecule has 94 valence electrons. The summed E-state index contributed by atoms with van der Waals surface area (Å²) in [6.45, 7) is 0.280. The van der Waals surface area contributed by atoms with Crippen LogP contribution in [0.1, 0.15) is 12.8 Å². The van der Waals surface area contributed by atoms with Crippen molar-refractivity contribution in [1.82, 2.24) is 5.32 Å². The lowest BCUT2D eigenvalue weighted by Gasteiger charge is -2.14. The van der Waals surface area contributed by atoms with Crippen molar-refractivity contribution in [2.75, 3.05) is 26.0 Å². The van der Waals surface area contributed by atoms with Crippen molar-refractivity contribution in [3.05, 3.63) is 0 Å². The van der Waals surface area contributed by atoms with Gasteiger partial charge in [-0.1, -0.05) is 0 Å². The lowest BCUT2D eigenvalue weighted by molar-refractivity contribution is -0.123. The molecule has 1 aliphatic rings. The fourth-order valence-corrected chi connectivity index (χ4v) is 3.45. The number of nitrogens with one attached hydrogen (secondary N) is 1. The first kappa shape index (κ1) is 13.4. The second kappa shape index (κ2) is 5.60. The van der Waals surface area contributed by atoms with Crippen LogP contribution in [0.25, 0.3) is 0 Å². The molecule has 3 N–H and O–H groups in total. The number of nitrogens with two attached hydrogens (primary N) is 1. The summed E-state index contributed by atoms with van der Waals surface area (Å²) in [7, 11) is -1.55. The number of carbonyl (C=O) groups excluding carboxylic acids is 1. The molecule has 6 nitrogen and oxygen atoms in total. The van der Waals surface area contributed by atoms with Gasteiger partial charge in [-0.15, -0.1) is 0 Å². The van der Waals surface area contributed by atoms with Gasteiger partial charge in [-0.05, 0) is 12.8 Å². The molecule has 0 aromatic heterocycles. The molecule has 1 fully saturated rings. The lowest BCUT2D eigenvalue weighted by Crippen LogP contribution is -2.46. The molecular weight excluding hydrogens is 232 g/mol. The Bertz CT molecular complexity index is 341. The summed E-state index contributed by atoms with van der Waals surface area (Å²) in [6, 6.07) is -0.742. The van der Waals surface area contributed by atoms with E-state index in [1.807, 2.05) is 0 Å². The number of hydrogen-bond acceptors (Lipinski definition) is 5. The van der Waals surface area contributed by atoms with E-state index < -0.39 is 21.1 Å². The molecule has 0 spiro atoms. The van der Waals surface area contributed by atoms with Crippen LogP contribution < -0.4 is 11.1 Å². The summed E-state index contributed by atoms with van der Waals surface area (Å²) in [5.74, 6) is -0.151. The van der Waals surface area contributed by atoms with Crippen molar-refractivity contribution in [2.45, 2.75) is 24.1 Å². The highest BCUT2D eigenvalue weighted by molar-refractivity contribution is 7.92. The Morgan fingerprint density at radius 2 is 2.31 bits per heavy atom. The van der Waals surface area contributed by atoms with E-state index in [0.29, 0.717) is 12.8 Å². The molecular formula is C9H18N2O4S.